The van der Waals surface area contributed by atoms with E-state index in [1.807, 2.05) is 41.5 Å². The zero-order valence-electron chi connectivity index (χ0n) is 13.6. The normalized spacial score (nSPS) is 12.8. The summed E-state index contributed by atoms with van der Waals surface area (Å²) in [5.41, 5.74) is 0. The Kier molecular flexibility index (Phi) is 8.26. The first-order chi connectivity index (χ1) is 9.13. The van der Waals surface area contributed by atoms with Gasteiger partial charge in [0.15, 0.2) is 0 Å². The number of urea groups is 1. The van der Waals surface area contributed by atoms with Gasteiger partial charge in [0.1, 0.15) is 6.04 Å². The molecule has 2 N–H and O–H groups in total. The lowest BCUT2D eigenvalue weighted by Crippen LogP contribution is -2.50. The standard InChI is InChI=1S/C15H30N2O3/c1-10(2)7-13(14(18)19)16-15(20)17(8-11(3)4)9-12(5)6/h10-13H,7-9H2,1-6H3,(H,16,20)(H,18,19). The lowest BCUT2D eigenvalue weighted by atomic mass is 10.0. The zero-order valence-corrected chi connectivity index (χ0v) is 13.6. The molecule has 0 saturated heterocycles. The predicted octanol–water partition coefficient (Wildman–Crippen LogP) is 2.81. The van der Waals surface area contributed by atoms with Crippen LogP contribution in [0.4, 0.5) is 4.79 Å². The highest BCUT2D eigenvalue weighted by Crippen LogP contribution is 2.08. The number of carbonyl (C=O) groups excluding carboxylic acids is 1. The van der Waals surface area contributed by atoms with Crippen molar-refractivity contribution in [2.45, 2.75) is 54.0 Å². The van der Waals surface area contributed by atoms with Crippen LogP contribution in [0, 0.1) is 17.8 Å². The Hall–Kier alpha value is -1.26. The van der Waals surface area contributed by atoms with Crippen LogP contribution in [0.2, 0.25) is 0 Å². The Morgan fingerprint density at radius 3 is 1.70 bits per heavy atom. The van der Waals surface area contributed by atoms with Gasteiger partial charge in [-0.2, -0.15) is 0 Å². The number of carbonyl (C=O) groups is 2. The molecule has 0 aromatic rings. The number of nitrogens with zero attached hydrogens (tertiary/aromatic N) is 1. The molecule has 0 radical (unpaired) electrons. The molecule has 0 aliphatic rings. The van der Waals surface area contributed by atoms with Gasteiger partial charge in [-0.25, -0.2) is 9.59 Å². The van der Waals surface area contributed by atoms with Crippen LogP contribution >= 0.6 is 0 Å². The van der Waals surface area contributed by atoms with Gasteiger partial charge in [0, 0.05) is 13.1 Å². The van der Waals surface area contributed by atoms with Gasteiger partial charge in [-0.3, -0.25) is 0 Å². The molecule has 5 nitrogen and oxygen atoms in total. The molecule has 0 aliphatic carbocycles. The fraction of sp³-hybridized carbons (Fsp3) is 0.867. The zero-order chi connectivity index (χ0) is 15.9. The third kappa shape index (κ3) is 8.02. The first kappa shape index (κ1) is 18.7. The Bertz CT molecular complexity index is 304. The number of hydrogen-bond acceptors (Lipinski definition) is 2. The van der Waals surface area contributed by atoms with E-state index >= 15 is 0 Å². The molecule has 20 heavy (non-hydrogen) atoms. The number of carboxylic acids is 1. The van der Waals surface area contributed by atoms with E-state index in [4.69, 9.17) is 0 Å². The van der Waals surface area contributed by atoms with Crippen LogP contribution in [0.3, 0.4) is 0 Å². The molecule has 0 aromatic carbocycles. The molecule has 0 saturated carbocycles. The molecule has 2 amide bonds. The molecule has 0 heterocycles. The van der Waals surface area contributed by atoms with Crippen molar-refractivity contribution in [3.05, 3.63) is 0 Å². The van der Waals surface area contributed by atoms with Crippen molar-refractivity contribution >= 4 is 12.0 Å². The molecular formula is C15H30N2O3. The molecule has 0 aromatic heterocycles. The van der Waals surface area contributed by atoms with Crippen molar-refractivity contribution < 1.29 is 14.7 Å². The third-order valence-electron chi connectivity index (χ3n) is 2.76. The highest BCUT2D eigenvalue weighted by molar-refractivity contribution is 5.82. The number of amides is 2. The molecule has 0 spiro atoms. The average molecular weight is 286 g/mol. The summed E-state index contributed by atoms with van der Waals surface area (Å²) < 4.78 is 0. The summed E-state index contributed by atoms with van der Waals surface area (Å²) in [6.07, 6.45) is 0.443. The van der Waals surface area contributed by atoms with Gasteiger partial charge in [0.25, 0.3) is 0 Å². The quantitative estimate of drug-likeness (QED) is 0.721. The maximum absolute atomic E-state index is 12.3. The Morgan fingerprint density at radius 2 is 1.40 bits per heavy atom. The second-order valence-corrected chi connectivity index (χ2v) is 6.66. The van der Waals surface area contributed by atoms with Crippen molar-refractivity contribution in [2.24, 2.45) is 17.8 Å². The maximum Gasteiger partial charge on any atom is 0.326 e. The lowest BCUT2D eigenvalue weighted by Gasteiger charge is -2.28. The van der Waals surface area contributed by atoms with Gasteiger partial charge >= 0.3 is 12.0 Å². The minimum atomic E-state index is -0.971. The van der Waals surface area contributed by atoms with Crippen LogP contribution in [-0.2, 0) is 4.79 Å². The van der Waals surface area contributed by atoms with Crippen molar-refractivity contribution in [1.29, 1.82) is 0 Å². The number of hydrogen-bond donors (Lipinski definition) is 2. The van der Waals surface area contributed by atoms with Gasteiger partial charge < -0.3 is 15.3 Å². The molecule has 1 atom stereocenters. The van der Waals surface area contributed by atoms with E-state index < -0.39 is 12.0 Å². The first-order valence-corrected chi connectivity index (χ1v) is 7.41. The SMILES string of the molecule is CC(C)CC(NC(=O)N(CC(C)C)CC(C)C)C(=O)O. The van der Waals surface area contributed by atoms with Gasteiger partial charge in [-0.1, -0.05) is 41.5 Å². The Morgan fingerprint density at radius 1 is 0.950 bits per heavy atom. The molecule has 0 rings (SSSR count). The van der Waals surface area contributed by atoms with E-state index in [0.29, 0.717) is 31.3 Å². The number of carboxylic acid groups (broad SMARTS) is 1. The van der Waals surface area contributed by atoms with Crippen LogP contribution in [0.15, 0.2) is 0 Å². The van der Waals surface area contributed by atoms with Crippen molar-refractivity contribution in [1.82, 2.24) is 10.2 Å². The molecule has 5 heteroatoms. The molecule has 118 valence electrons. The monoisotopic (exact) mass is 286 g/mol. The Balaban J connectivity index is 4.73. The van der Waals surface area contributed by atoms with E-state index in [9.17, 15) is 14.7 Å². The fourth-order valence-electron chi connectivity index (χ4n) is 2.06. The second-order valence-electron chi connectivity index (χ2n) is 6.66. The van der Waals surface area contributed by atoms with Crippen LogP contribution in [0.25, 0.3) is 0 Å². The molecule has 0 aliphatic heterocycles. The molecule has 0 fully saturated rings. The Labute approximate surface area is 122 Å². The second kappa shape index (κ2) is 8.82. The largest absolute Gasteiger partial charge is 0.480 e. The van der Waals surface area contributed by atoms with Crippen molar-refractivity contribution in [3.63, 3.8) is 0 Å². The van der Waals surface area contributed by atoms with Crippen LogP contribution in [0.1, 0.15) is 48.0 Å². The number of rotatable bonds is 8. The molecular weight excluding hydrogens is 256 g/mol. The van der Waals surface area contributed by atoms with E-state index in [1.54, 1.807) is 4.90 Å². The van der Waals surface area contributed by atoms with Gasteiger partial charge in [-0.05, 0) is 24.2 Å². The fourth-order valence-corrected chi connectivity index (χ4v) is 2.06. The van der Waals surface area contributed by atoms with E-state index in [-0.39, 0.29) is 11.9 Å². The van der Waals surface area contributed by atoms with Gasteiger partial charge in [0.05, 0.1) is 0 Å². The summed E-state index contributed by atoms with van der Waals surface area (Å²) in [6, 6.07) is -1.09. The van der Waals surface area contributed by atoms with E-state index in [1.165, 1.54) is 0 Å². The average Bonchev–Trinajstić information content (AvgIpc) is 2.24. The van der Waals surface area contributed by atoms with Crippen LogP contribution < -0.4 is 5.32 Å². The maximum atomic E-state index is 12.3. The van der Waals surface area contributed by atoms with Gasteiger partial charge in [-0.15, -0.1) is 0 Å². The first-order valence-electron chi connectivity index (χ1n) is 7.41. The number of nitrogens with one attached hydrogen (secondary N) is 1. The summed E-state index contributed by atoms with van der Waals surface area (Å²) in [4.78, 5) is 25.2. The summed E-state index contributed by atoms with van der Waals surface area (Å²) in [5, 5.41) is 11.8. The highest BCUT2D eigenvalue weighted by atomic mass is 16.4. The third-order valence-corrected chi connectivity index (χ3v) is 2.76. The minimum absolute atomic E-state index is 0.222. The van der Waals surface area contributed by atoms with E-state index in [2.05, 4.69) is 5.32 Å². The van der Waals surface area contributed by atoms with Gasteiger partial charge in [0.2, 0.25) is 0 Å². The summed E-state index contributed by atoms with van der Waals surface area (Å²) in [7, 11) is 0. The summed E-state index contributed by atoms with van der Waals surface area (Å²) in [6.45, 7) is 13.3. The minimum Gasteiger partial charge on any atom is -0.480 e. The highest BCUT2D eigenvalue weighted by Gasteiger charge is 2.24. The summed E-state index contributed by atoms with van der Waals surface area (Å²) >= 11 is 0. The van der Waals surface area contributed by atoms with E-state index in [0.717, 1.165) is 0 Å². The lowest BCUT2D eigenvalue weighted by molar-refractivity contribution is -0.139. The van der Waals surface area contributed by atoms with Crippen LogP contribution in [0.5, 0.6) is 0 Å². The van der Waals surface area contributed by atoms with Crippen molar-refractivity contribution in [3.8, 4) is 0 Å². The number of aliphatic carboxylic acids is 1. The van der Waals surface area contributed by atoms with Crippen LogP contribution in [-0.4, -0.2) is 41.1 Å². The topological polar surface area (TPSA) is 69.6 Å². The summed E-state index contributed by atoms with van der Waals surface area (Å²) in [5.74, 6) is -0.0399. The molecule has 0 bridgehead atoms. The predicted molar refractivity (Wildman–Crippen MR) is 80.7 cm³/mol. The molecule has 1 unspecified atom stereocenters. The van der Waals surface area contributed by atoms with Crippen molar-refractivity contribution in [2.75, 3.05) is 13.1 Å². The smallest absolute Gasteiger partial charge is 0.326 e.